The third-order valence-corrected chi connectivity index (χ3v) is 5.81. The summed E-state index contributed by atoms with van der Waals surface area (Å²) in [6.07, 6.45) is -0.748. The van der Waals surface area contributed by atoms with Gasteiger partial charge in [0.25, 0.3) is 0 Å². The molecule has 3 aromatic rings. The number of carbonyl (C=O) groups is 1. The second kappa shape index (κ2) is 12.5. The number of amides is 1. The van der Waals surface area contributed by atoms with E-state index in [0.29, 0.717) is 39.2 Å². The van der Waals surface area contributed by atoms with Crippen molar-refractivity contribution >= 4 is 16.9 Å². The maximum Gasteiger partial charge on any atom is 0.407 e. The van der Waals surface area contributed by atoms with Gasteiger partial charge in [-0.3, -0.25) is 0 Å². The zero-order valence-electron chi connectivity index (χ0n) is 19.6. The Bertz CT molecular complexity index is 1080. The fourth-order valence-electron chi connectivity index (χ4n) is 4.03. The third-order valence-electron chi connectivity index (χ3n) is 5.81. The molecule has 0 spiro atoms. The molecule has 0 aromatic heterocycles. The van der Waals surface area contributed by atoms with Crippen molar-refractivity contribution in [3.05, 3.63) is 77.9 Å². The number of benzene rings is 3. The topological polar surface area (TPSA) is 112 Å². The summed E-state index contributed by atoms with van der Waals surface area (Å²) in [5.41, 5.74) is 7.46. The highest BCUT2D eigenvalue weighted by molar-refractivity contribution is 5.87. The summed E-state index contributed by atoms with van der Waals surface area (Å²) < 4.78 is 22.6. The Hall–Kier alpha value is -3.17. The largest absolute Gasteiger partial charge is 0.489 e. The zero-order valence-corrected chi connectivity index (χ0v) is 19.6. The Balaban J connectivity index is 1.25. The monoisotopic (exact) mass is 480 g/mol. The molecule has 186 valence electrons. The standard InChI is InChI=1S/C27H32N2O6/c28-25(30)18-35-27(31)29-13-5-10-26-33-16-21(17-34-26)23-9-4-8-20-14-22(11-12-24(20)23)32-15-19-6-2-1-3-7-19/h1-4,6-9,11-12,14,21,25-26,30H,5,10,13,15-18,28H2,(H,29,31). The third kappa shape index (κ3) is 7.40. The number of aliphatic hydroxyl groups is 1. The lowest BCUT2D eigenvalue weighted by Gasteiger charge is -2.30. The van der Waals surface area contributed by atoms with Crippen LogP contribution < -0.4 is 15.8 Å². The molecule has 1 amide bonds. The molecule has 0 radical (unpaired) electrons. The summed E-state index contributed by atoms with van der Waals surface area (Å²) in [5, 5.41) is 13.8. The van der Waals surface area contributed by atoms with Crippen molar-refractivity contribution in [3.63, 3.8) is 0 Å². The predicted molar refractivity (Wildman–Crippen MR) is 132 cm³/mol. The average Bonchev–Trinajstić information content (AvgIpc) is 2.89. The fourth-order valence-corrected chi connectivity index (χ4v) is 4.03. The minimum atomic E-state index is -1.17. The molecule has 1 unspecified atom stereocenters. The Morgan fingerprint density at radius 2 is 1.89 bits per heavy atom. The van der Waals surface area contributed by atoms with E-state index in [4.69, 9.17) is 29.8 Å². The first-order chi connectivity index (χ1) is 17.1. The van der Waals surface area contributed by atoms with E-state index in [2.05, 4.69) is 47.8 Å². The molecule has 1 atom stereocenters. The van der Waals surface area contributed by atoms with E-state index in [1.54, 1.807) is 0 Å². The summed E-state index contributed by atoms with van der Waals surface area (Å²) >= 11 is 0. The molecule has 1 saturated heterocycles. The van der Waals surface area contributed by atoms with Gasteiger partial charge in [-0.05, 0) is 40.5 Å². The van der Waals surface area contributed by atoms with Gasteiger partial charge in [0.05, 0.1) is 13.2 Å². The number of hydrogen-bond donors (Lipinski definition) is 3. The van der Waals surface area contributed by atoms with Gasteiger partial charge in [0.15, 0.2) is 6.29 Å². The van der Waals surface area contributed by atoms with Gasteiger partial charge >= 0.3 is 6.09 Å². The molecule has 1 heterocycles. The Morgan fingerprint density at radius 1 is 1.09 bits per heavy atom. The Morgan fingerprint density at radius 3 is 2.66 bits per heavy atom. The van der Waals surface area contributed by atoms with Gasteiger partial charge in [-0.2, -0.15) is 0 Å². The van der Waals surface area contributed by atoms with Gasteiger partial charge < -0.3 is 35.1 Å². The Labute approximate surface area is 204 Å². The zero-order chi connectivity index (χ0) is 24.5. The lowest BCUT2D eigenvalue weighted by atomic mass is 9.94. The first-order valence-electron chi connectivity index (χ1n) is 11.9. The van der Waals surface area contributed by atoms with Gasteiger partial charge in [0.2, 0.25) is 0 Å². The first kappa shape index (κ1) is 24.9. The molecule has 4 rings (SSSR count). The summed E-state index contributed by atoms with van der Waals surface area (Å²) in [6, 6.07) is 22.6. The first-order valence-corrected chi connectivity index (χ1v) is 11.9. The molecule has 3 aromatic carbocycles. The molecule has 8 nitrogen and oxygen atoms in total. The molecule has 1 aliphatic rings. The second-order valence-electron chi connectivity index (χ2n) is 8.53. The van der Waals surface area contributed by atoms with Crippen LogP contribution in [0.5, 0.6) is 5.75 Å². The molecule has 4 N–H and O–H groups in total. The number of carbonyl (C=O) groups excluding carboxylic acids is 1. The van der Waals surface area contributed by atoms with Crippen LogP contribution in [0.3, 0.4) is 0 Å². The van der Waals surface area contributed by atoms with Crippen LogP contribution >= 0.6 is 0 Å². The highest BCUT2D eigenvalue weighted by Crippen LogP contribution is 2.32. The average molecular weight is 481 g/mol. The maximum absolute atomic E-state index is 11.5. The van der Waals surface area contributed by atoms with Gasteiger partial charge in [-0.25, -0.2) is 4.79 Å². The van der Waals surface area contributed by atoms with Crippen molar-refractivity contribution in [3.8, 4) is 5.75 Å². The van der Waals surface area contributed by atoms with Crippen molar-refractivity contribution in [2.75, 3.05) is 26.4 Å². The number of rotatable bonds is 10. The number of fused-ring (bicyclic) bond motifs is 1. The second-order valence-corrected chi connectivity index (χ2v) is 8.53. The van der Waals surface area contributed by atoms with Crippen LogP contribution in [-0.2, 0) is 20.8 Å². The number of nitrogens with two attached hydrogens (primary N) is 1. The molecule has 0 bridgehead atoms. The smallest absolute Gasteiger partial charge is 0.407 e. The van der Waals surface area contributed by atoms with Crippen molar-refractivity contribution in [2.45, 2.75) is 37.9 Å². The van der Waals surface area contributed by atoms with Gasteiger partial charge in [0.1, 0.15) is 25.2 Å². The van der Waals surface area contributed by atoms with Crippen LogP contribution in [-0.4, -0.2) is 50.1 Å². The molecule has 0 aliphatic carbocycles. The van der Waals surface area contributed by atoms with Crippen molar-refractivity contribution in [1.82, 2.24) is 5.32 Å². The van der Waals surface area contributed by atoms with E-state index >= 15 is 0 Å². The van der Waals surface area contributed by atoms with Crippen LogP contribution in [0.2, 0.25) is 0 Å². The molecular formula is C27H32N2O6. The minimum absolute atomic E-state index is 0.141. The number of nitrogens with one attached hydrogen (secondary N) is 1. The molecule has 0 saturated carbocycles. The van der Waals surface area contributed by atoms with Gasteiger partial charge in [-0.1, -0.05) is 54.6 Å². The highest BCUT2D eigenvalue weighted by Gasteiger charge is 2.24. The van der Waals surface area contributed by atoms with Crippen LogP contribution in [0, 0.1) is 0 Å². The summed E-state index contributed by atoms with van der Waals surface area (Å²) in [5.74, 6) is 0.980. The van der Waals surface area contributed by atoms with E-state index in [1.807, 2.05) is 24.3 Å². The van der Waals surface area contributed by atoms with Crippen molar-refractivity contribution in [2.24, 2.45) is 5.73 Å². The highest BCUT2D eigenvalue weighted by atomic mass is 16.7. The maximum atomic E-state index is 11.5. The lowest BCUT2D eigenvalue weighted by Crippen LogP contribution is -2.33. The van der Waals surface area contributed by atoms with E-state index in [-0.39, 0.29) is 18.8 Å². The van der Waals surface area contributed by atoms with Crippen LogP contribution in [0.1, 0.15) is 29.9 Å². The predicted octanol–water partition coefficient (Wildman–Crippen LogP) is 3.66. The molecule has 1 aliphatic heterocycles. The van der Waals surface area contributed by atoms with Crippen LogP contribution in [0.25, 0.3) is 10.8 Å². The van der Waals surface area contributed by atoms with Crippen LogP contribution in [0.4, 0.5) is 4.79 Å². The minimum Gasteiger partial charge on any atom is -0.489 e. The Kier molecular flexibility index (Phi) is 8.91. The number of aliphatic hydroxyl groups excluding tert-OH is 1. The number of hydrogen-bond acceptors (Lipinski definition) is 7. The normalized spacial score (nSPS) is 18.7. The molecule has 1 fully saturated rings. The van der Waals surface area contributed by atoms with E-state index < -0.39 is 12.3 Å². The fraction of sp³-hybridized carbons (Fsp3) is 0.370. The molecular weight excluding hydrogens is 448 g/mol. The molecule has 35 heavy (non-hydrogen) atoms. The van der Waals surface area contributed by atoms with Gasteiger partial charge in [-0.15, -0.1) is 0 Å². The van der Waals surface area contributed by atoms with Crippen molar-refractivity contribution in [1.29, 1.82) is 0 Å². The molecule has 8 heteroatoms. The number of ether oxygens (including phenoxy) is 4. The van der Waals surface area contributed by atoms with E-state index in [1.165, 1.54) is 10.9 Å². The van der Waals surface area contributed by atoms with E-state index in [9.17, 15) is 4.79 Å². The summed E-state index contributed by atoms with van der Waals surface area (Å²) in [4.78, 5) is 11.5. The quantitative estimate of drug-likeness (QED) is 0.300. The summed E-state index contributed by atoms with van der Waals surface area (Å²) in [7, 11) is 0. The van der Waals surface area contributed by atoms with E-state index in [0.717, 1.165) is 16.7 Å². The SMILES string of the molecule is NC(O)COC(=O)NCCCC1OCC(c2cccc3cc(OCc4ccccc4)ccc23)CO1. The number of alkyl carbamates (subject to hydrolysis) is 1. The van der Waals surface area contributed by atoms with Crippen molar-refractivity contribution < 1.29 is 28.8 Å². The van der Waals surface area contributed by atoms with Crippen LogP contribution in [0.15, 0.2) is 66.7 Å². The lowest BCUT2D eigenvalue weighted by molar-refractivity contribution is -0.189. The summed E-state index contributed by atoms with van der Waals surface area (Å²) in [6.45, 7) is 1.85. The van der Waals surface area contributed by atoms with Gasteiger partial charge in [0, 0.05) is 18.9 Å².